The van der Waals surface area contributed by atoms with Gasteiger partial charge < -0.3 is 19.4 Å². The Hall–Kier alpha value is -3.00. The minimum absolute atomic E-state index is 0.0763. The summed E-state index contributed by atoms with van der Waals surface area (Å²) in [7, 11) is 1.33. The quantitative estimate of drug-likeness (QED) is 0.173. The van der Waals surface area contributed by atoms with E-state index < -0.39 is 12.0 Å². The Bertz CT molecular complexity index is 1370. The summed E-state index contributed by atoms with van der Waals surface area (Å²) in [6.07, 6.45) is 2.18. The number of hydrogen-bond donors (Lipinski definition) is 1. The van der Waals surface area contributed by atoms with Gasteiger partial charge in [-0.2, -0.15) is 0 Å². The van der Waals surface area contributed by atoms with E-state index in [-0.39, 0.29) is 17.8 Å². The standard InChI is InChI=1S/C27H23BrCl2N2O4/c1-35-27(34)25(12-18-15-31-24-5-3-2-4-21(18)24)32(26(33)14-28)16-17-6-8-19(9-7-17)36-20-10-11-22(29)23(30)13-20/h2-11,13,15,25,31H,12,14,16H2,1H3/t25-/m0/s1. The van der Waals surface area contributed by atoms with E-state index in [1.807, 2.05) is 42.6 Å². The number of nitrogens with one attached hydrogen (secondary N) is 1. The smallest absolute Gasteiger partial charge is 0.328 e. The molecule has 36 heavy (non-hydrogen) atoms. The monoisotopic (exact) mass is 588 g/mol. The number of para-hydroxylation sites is 1. The number of H-pyrrole nitrogens is 1. The molecule has 9 heteroatoms. The van der Waals surface area contributed by atoms with Crippen LogP contribution < -0.4 is 4.74 Å². The van der Waals surface area contributed by atoms with Crippen molar-refractivity contribution in [3.05, 3.63) is 94.1 Å². The van der Waals surface area contributed by atoms with Gasteiger partial charge in [-0.15, -0.1) is 0 Å². The highest BCUT2D eigenvalue weighted by Gasteiger charge is 2.31. The molecule has 1 atom stereocenters. The molecule has 1 N–H and O–H groups in total. The van der Waals surface area contributed by atoms with Gasteiger partial charge in [0.25, 0.3) is 0 Å². The molecule has 0 saturated heterocycles. The number of ether oxygens (including phenoxy) is 2. The number of aromatic amines is 1. The molecule has 0 fully saturated rings. The maximum Gasteiger partial charge on any atom is 0.328 e. The van der Waals surface area contributed by atoms with Gasteiger partial charge in [0.05, 0.1) is 22.5 Å². The molecule has 1 aromatic heterocycles. The Morgan fingerprint density at radius 3 is 2.42 bits per heavy atom. The van der Waals surface area contributed by atoms with Crippen molar-refractivity contribution in [2.75, 3.05) is 12.4 Å². The van der Waals surface area contributed by atoms with Gasteiger partial charge in [-0.05, 0) is 41.5 Å². The number of nitrogens with zero attached hydrogens (tertiary/aromatic N) is 1. The molecule has 0 unspecified atom stereocenters. The Balaban J connectivity index is 1.56. The van der Waals surface area contributed by atoms with E-state index in [1.54, 1.807) is 30.3 Å². The number of carbonyl (C=O) groups excluding carboxylic acids is 2. The second kappa shape index (κ2) is 11.8. The summed E-state index contributed by atoms with van der Waals surface area (Å²) in [6, 6.07) is 19.3. The third kappa shape index (κ3) is 6.03. The van der Waals surface area contributed by atoms with Crippen LogP contribution in [0.15, 0.2) is 72.9 Å². The summed E-state index contributed by atoms with van der Waals surface area (Å²) in [6.45, 7) is 0.222. The molecule has 1 amide bonds. The first-order chi connectivity index (χ1) is 17.4. The Morgan fingerprint density at radius 1 is 1.00 bits per heavy atom. The van der Waals surface area contributed by atoms with E-state index >= 15 is 0 Å². The number of hydrogen-bond acceptors (Lipinski definition) is 4. The lowest BCUT2D eigenvalue weighted by molar-refractivity contribution is -0.152. The largest absolute Gasteiger partial charge is 0.467 e. The molecule has 0 bridgehead atoms. The van der Waals surface area contributed by atoms with Gasteiger partial charge in [-0.25, -0.2) is 4.79 Å². The topological polar surface area (TPSA) is 71.6 Å². The summed E-state index contributed by atoms with van der Waals surface area (Å²) in [5, 5.41) is 1.93. The number of rotatable bonds is 9. The lowest BCUT2D eigenvalue weighted by Gasteiger charge is -2.30. The van der Waals surface area contributed by atoms with Crippen LogP contribution in [0.3, 0.4) is 0 Å². The molecular weight excluding hydrogens is 567 g/mol. The fourth-order valence-corrected chi connectivity index (χ4v) is 4.56. The number of amides is 1. The molecule has 0 aliphatic heterocycles. The number of methoxy groups -OCH3 is 1. The molecular formula is C27H23BrCl2N2O4. The number of halogens is 3. The van der Waals surface area contributed by atoms with Gasteiger partial charge in [-0.1, -0.05) is 69.5 Å². The molecule has 0 aliphatic rings. The Morgan fingerprint density at radius 2 is 1.72 bits per heavy atom. The molecule has 186 valence electrons. The number of benzene rings is 3. The van der Waals surface area contributed by atoms with Gasteiger partial charge in [-0.3, -0.25) is 4.79 Å². The number of carbonyl (C=O) groups is 2. The minimum atomic E-state index is -0.800. The highest BCUT2D eigenvalue weighted by atomic mass is 79.9. The summed E-state index contributed by atoms with van der Waals surface area (Å²) < 4.78 is 10.9. The van der Waals surface area contributed by atoms with Crippen LogP contribution in [0.4, 0.5) is 0 Å². The van der Waals surface area contributed by atoms with Gasteiger partial charge >= 0.3 is 5.97 Å². The van der Waals surface area contributed by atoms with Crippen molar-refractivity contribution in [3.8, 4) is 11.5 Å². The van der Waals surface area contributed by atoms with Crippen LogP contribution in [0.5, 0.6) is 11.5 Å². The predicted molar refractivity (Wildman–Crippen MR) is 145 cm³/mol. The van der Waals surface area contributed by atoms with Crippen molar-refractivity contribution in [3.63, 3.8) is 0 Å². The first-order valence-electron chi connectivity index (χ1n) is 11.1. The van der Waals surface area contributed by atoms with Gasteiger partial charge in [0.1, 0.15) is 17.5 Å². The van der Waals surface area contributed by atoms with Crippen LogP contribution in [0, 0.1) is 0 Å². The number of aromatic nitrogens is 1. The third-order valence-electron chi connectivity index (χ3n) is 5.78. The molecule has 0 aliphatic carbocycles. The molecule has 0 saturated carbocycles. The highest BCUT2D eigenvalue weighted by molar-refractivity contribution is 9.09. The summed E-state index contributed by atoms with van der Waals surface area (Å²) in [4.78, 5) is 30.6. The fraction of sp³-hybridized carbons (Fsp3) is 0.185. The van der Waals surface area contributed by atoms with E-state index in [0.717, 1.165) is 22.0 Å². The van der Waals surface area contributed by atoms with E-state index in [4.69, 9.17) is 32.7 Å². The number of alkyl halides is 1. The average molecular weight is 590 g/mol. The zero-order valence-electron chi connectivity index (χ0n) is 19.3. The van der Waals surface area contributed by atoms with E-state index in [1.165, 1.54) is 12.0 Å². The normalized spacial score (nSPS) is 11.8. The lowest BCUT2D eigenvalue weighted by Crippen LogP contribution is -2.47. The zero-order valence-corrected chi connectivity index (χ0v) is 22.4. The van der Waals surface area contributed by atoms with Crippen LogP contribution in [-0.2, 0) is 27.3 Å². The highest BCUT2D eigenvalue weighted by Crippen LogP contribution is 2.30. The second-order valence-corrected chi connectivity index (χ2v) is 9.45. The van der Waals surface area contributed by atoms with Crippen LogP contribution >= 0.6 is 39.1 Å². The first kappa shape index (κ1) is 26.1. The van der Waals surface area contributed by atoms with Gasteiger partial charge in [0.15, 0.2) is 0 Å². The van der Waals surface area contributed by atoms with Crippen molar-refractivity contribution in [1.82, 2.24) is 9.88 Å². The number of fused-ring (bicyclic) bond motifs is 1. The maximum atomic E-state index is 13.0. The van der Waals surface area contributed by atoms with E-state index in [0.29, 0.717) is 28.0 Å². The molecule has 0 radical (unpaired) electrons. The second-order valence-electron chi connectivity index (χ2n) is 8.08. The Labute approximate surface area is 227 Å². The molecule has 1 heterocycles. The first-order valence-corrected chi connectivity index (χ1v) is 13.0. The van der Waals surface area contributed by atoms with Crippen LogP contribution in [0.1, 0.15) is 11.1 Å². The zero-order chi connectivity index (χ0) is 25.7. The van der Waals surface area contributed by atoms with Crippen LogP contribution in [0.25, 0.3) is 10.9 Å². The van der Waals surface area contributed by atoms with Crippen LogP contribution in [0.2, 0.25) is 10.0 Å². The molecule has 3 aromatic carbocycles. The number of esters is 1. The SMILES string of the molecule is COC(=O)[C@H](Cc1c[nH]c2ccccc12)N(Cc1ccc(Oc2ccc(Cl)c(Cl)c2)cc1)C(=O)CBr. The minimum Gasteiger partial charge on any atom is -0.467 e. The van der Waals surface area contributed by atoms with Gasteiger partial charge in [0.2, 0.25) is 5.91 Å². The molecule has 4 aromatic rings. The van der Waals surface area contributed by atoms with Gasteiger partial charge in [0, 0.05) is 36.1 Å². The summed E-state index contributed by atoms with van der Waals surface area (Å²) in [5.74, 6) is 0.451. The third-order valence-corrected chi connectivity index (χ3v) is 6.99. The Kier molecular flexibility index (Phi) is 8.56. The van der Waals surface area contributed by atoms with Crippen molar-refractivity contribution in [2.45, 2.75) is 19.0 Å². The maximum absolute atomic E-state index is 13.0. The summed E-state index contributed by atoms with van der Waals surface area (Å²) in [5.41, 5.74) is 2.73. The molecule has 0 spiro atoms. The average Bonchev–Trinajstić information content (AvgIpc) is 3.31. The summed E-state index contributed by atoms with van der Waals surface area (Å²) >= 11 is 15.3. The molecule has 4 rings (SSSR count). The van der Waals surface area contributed by atoms with E-state index in [9.17, 15) is 9.59 Å². The van der Waals surface area contributed by atoms with Crippen molar-refractivity contribution in [2.24, 2.45) is 0 Å². The van der Waals surface area contributed by atoms with Crippen molar-refractivity contribution < 1.29 is 19.1 Å². The fourth-order valence-electron chi connectivity index (χ4n) is 3.95. The van der Waals surface area contributed by atoms with E-state index in [2.05, 4.69) is 20.9 Å². The van der Waals surface area contributed by atoms with Crippen LogP contribution in [-0.4, -0.2) is 40.2 Å². The van der Waals surface area contributed by atoms with Crippen molar-refractivity contribution in [1.29, 1.82) is 0 Å². The molecule has 6 nitrogen and oxygen atoms in total. The predicted octanol–water partition coefficient (Wildman–Crippen LogP) is 6.77. The van der Waals surface area contributed by atoms with Crippen molar-refractivity contribution >= 4 is 61.9 Å². The lowest BCUT2D eigenvalue weighted by atomic mass is 10.0.